The molecule has 0 aromatic heterocycles. The summed E-state index contributed by atoms with van der Waals surface area (Å²) in [6.07, 6.45) is 0. The van der Waals surface area contributed by atoms with Crippen LogP contribution >= 0.6 is 15.9 Å². The zero-order chi connectivity index (χ0) is 15.5. The van der Waals surface area contributed by atoms with E-state index in [-0.39, 0.29) is 14.9 Å². The molecular weight excluding hydrogens is 354 g/mol. The third kappa shape index (κ3) is 3.78. The van der Waals surface area contributed by atoms with E-state index in [9.17, 15) is 18.0 Å². The Bertz CT molecular complexity index is 642. The highest BCUT2D eigenvalue weighted by molar-refractivity contribution is 9.10. The van der Waals surface area contributed by atoms with Crippen LogP contribution in [-0.2, 0) is 19.6 Å². The van der Waals surface area contributed by atoms with Crippen LogP contribution in [-0.4, -0.2) is 38.6 Å². The van der Waals surface area contributed by atoms with Gasteiger partial charge in [-0.2, -0.15) is 4.72 Å². The number of carboxylic acid groups (broad SMARTS) is 1. The predicted octanol–water partition coefficient (Wildman–Crippen LogP) is 0.987. The van der Waals surface area contributed by atoms with Crippen molar-refractivity contribution in [1.82, 2.24) is 4.72 Å². The van der Waals surface area contributed by atoms with Crippen molar-refractivity contribution in [2.24, 2.45) is 0 Å². The summed E-state index contributed by atoms with van der Waals surface area (Å²) in [6.45, 7) is 1.32. The molecule has 0 aliphatic carbocycles. The summed E-state index contributed by atoms with van der Waals surface area (Å²) in [5.74, 6) is -2.01. The standard InChI is InChI=1S/C11H12BrNO6S/c1-6(11(16)19-2)13-20(17,18)9-5-7(10(14)15)3-4-8(9)12/h3-6,13H,1-2H3,(H,14,15). The number of esters is 1. The Balaban J connectivity index is 3.18. The molecule has 1 aromatic carbocycles. The molecule has 0 aliphatic heterocycles. The lowest BCUT2D eigenvalue weighted by atomic mass is 10.2. The summed E-state index contributed by atoms with van der Waals surface area (Å²) in [4.78, 5) is 21.8. The smallest absolute Gasteiger partial charge is 0.335 e. The molecule has 0 fully saturated rings. The maximum atomic E-state index is 12.1. The van der Waals surface area contributed by atoms with Crippen molar-refractivity contribution in [3.63, 3.8) is 0 Å². The topological polar surface area (TPSA) is 110 Å². The van der Waals surface area contributed by atoms with E-state index in [4.69, 9.17) is 5.11 Å². The van der Waals surface area contributed by atoms with Gasteiger partial charge in [0.25, 0.3) is 0 Å². The van der Waals surface area contributed by atoms with Crippen LogP contribution in [0.5, 0.6) is 0 Å². The van der Waals surface area contributed by atoms with Crippen LogP contribution in [0.2, 0.25) is 0 Å². The number of aromatic carboxylic acids is 1. The molecule has 20 heavy (non-hydrogen) atoms. The monoisotopic (exact) mass is 365 g/mol. The molecule has 110 valence electrons. The van der Waals surface area contributed by atoms with E-state index in [1.165, 1.54) is 19.1 Å². The fourth-order valence-electron chi connectivity index (χ4n) is 1.36. The zero-order valence-corrected chi connectivity index (χ0v) is 13.0. The third-order valence-electron chi connectivity index (χ3n) is 2.35. The lowest BCUT2D eigenvalue weighted by Crippen LogP contribution is -2.39. The van der Waals surface area contributed by atoms with Crippen LogP contribution < -0.4 is 4.72 Å². The van der Waals surface area contributed by atoms with Gasteiger partial charge >= 0.3 is 11.9 Å². The minimum absolute atomic E-state index is 0.181. The van der Waals surface area contributed by atoms with Gasteiger partial charge in [0.05, 0.1) is 17.6 Å². The molecule has 7 nitrogen and oxygen atoms in total. The van der Waals surface area contributed by atoms with Crippen LogP contribution in [0.15, 0.2) is 27.6 Å². The second-order valence-electron chi connectivity index (χ2n) is 3.82. The Morgan fingerprint density at radius 3 is 2.50 bits per heavy atom. The number of nitrogens with one attached hydrogen (secondary N) is 1. The average Bonchev–Trinajstić information content (AvgIpc) is 2.37. The number of carbonyl (C=O) groups excluding carboxylic acids is 1. The molecule has 1 unspecified atom stereocenters. The molecule has 2 N–H and O–H groups in total. The Morgan fingerprint density at radius 2 is 2.00 bits per heavy atom. The van der Waals surface area contributed by atoms with Crippen LogP contribution in [0.3, 0.4) is 0 Å². The van der Waals surface area contributed by atoms with E-state index in [1.54, 1.807) is 0 Å². The first-order valence-electron chi connectivity index (χ1n) is 5.32. The van der Waals surface area contributed by atoms with Crippen molar-refractivity contribution in [2.45, 2.75) is 17.9 Å². The quantitative estimate of drug-likeness (QED) is 0.752. The lowest BCUT2D eigenvalue weighted by Gasteiger charge is -2.13. The number of halogens is 1. The molecule has 0 saturated heterocycles. The largest absolute Gasteiger partial charge is 0.478 e. The Morgan fingerprint density at radius 1 is 1.40 bits per heavy atom. The highest BCUT2D eigenvalue weighted by atomic mass is 79.9. The molecule has 0 bridgehead atoms. The minimum atomic E-state index is -4.06. The number of ether oxygens (including phenoxy) is 1. The van der Waals surface area contributed by atoms with Crippen molar-refractivity contribution in [2.75, 3.05) is 7.11 Å². The molecule has 9 heteroatoms. The molecule has 0 aliphatic rings. The van der Waals surface area contributed by atoms with Crippen LogP contribution in [0.4, 0.5) is 0 Å². The molecule has 0 radical (unpaired) electrons. The fraction of sp³-hybridized carbons (Fsp3) is 0.273. The molecule has 0 saturated carbocycles. The number of hydrogen-bond acceptors (Lipinski definition) is 5. The van der Waals surface area contributed by atoms with E-state index in [0.717, 1.165) is 13.2 Å². The fourth-order valence-corrected chi connectivity index (χ4v) is 3.54. The van der Waals surface area contributed by atoms with Gasteiger partial charge in [0.2, 0.25) is 10.0 Å². The van der Waals surface area contributed by atoms with Gasteiger partial charge < -0.3 is 9.84 Å². The van der Waals surface area contributed by atoms with Gasteiger partial charge in [-0.1, -0.05) is 0 Å². The maximum absolute atomic E-state index is 12.1. The number of rotatable bonds is 5. The summed E-state index contributed by atoms with van der Waals surface area (Å²) in [5, 5.41) is 8.87. The van der Waals surface area contributed by atoms with Gasteiger partial charge in [-0.25, -0.2) is 13.2 Å². The van der Waals surface area contributed by atoms with Crippen molar-refractivity contribution >= 4 is 37.9 Å². The number of hydrogen-bond donors (Lipinski definition) is 2. The number of carbonyl (C=O) groups is 2. The number of carboxylic acids is 1. The number of methoxy groups -OCH3 is 1. The SMILES string of the molecule is COC(=O)C(C)NS(=O)(=O)c1cc(C(=O)O)ccc1Br. The Labute approximate surface area is 124 Å². The Hall–Kier alpha value is -1.45. The first-order valence-corrected chi connectivity index (χ1v) is 7.59. The van der Waals surface area contributed by atoms with Crippen molar-refractivity contribution < 1.29 is 27.9 Å². The molecule has 0 amide bonds. The molecule has 1 aromatic rings. The van der Waals surface area contributed by atoms with E-state index in [0.29, 0.717) is 0 Å². The highest BCUT2D eigenvalue weighted by Crippen LogP contribution is 2.23. The zero-order valence-electron chi connectivity index (χ0n) is 10.6. The van der Waals surface area contributed by atoms with Crippen molar-refractivity contribution in [1.29, 1.82) is 0 Å². The second kappa shape index (κ2) is 6.33. The lowest BCUT2D eigenvalue weighted by molar-refractivity contribution is -0.142. The Kier molecular flexibility index (Phi) is 5.26. The van der Waals surface area contributed by atoms with Crippen molar-refractivity contribution in [3.05, 3.63) is 28.2 Å². The van der Waals surface area contributed by atoms with E-state index in [1.807, 2.05) is 0 Å². The average molecular weight is 366 g/mol. The number of benzene rings is 1. The summed E-state index contributed by atoms with van der Waals surface area (Å²) in [5.41, 5.74) is -0.181. The van der Waals surface area contributed by atoms with Gasteiger partial charge in [-0.3, -0.25) is 4.79 Å². The van der Waals surface area contributed by atoms with Gasteiger partial charge in [0.15, 0.2) is 0 Å². The summed E-state index contributed by atoms with van der Waals surface area (Å²) in [7, 11) is -2.93. The second-order valence-corrected chi connectivity index (χ2v) is 6.35. The van der Waals surface area contributed by atoms with Gasteiger partial charge in [0.1, 0.15) is 6.04 Å². The molecule has 0 heterocycles. The van der Waals surface area contributed by atoms with E-state index >= 15 is 0 Å². The van der Waals surface area contributed by atoms with Crippen LogP contribution in [0.25, 0.3) is 0 Å². The normalized spacial score (nSPS) is 12.8. The minimum Gasteiger partial charge on any atom is -0.478 e. The summed E-state index contributed by atoms with van der Waals surface area (Å²) in [6, 6.07) is 2.47. The maximum Gasteiger partial charge on any atom is 0.335 e. The molecular formula is C11H12BrNO6S. The highest BCUT2D eigenvalue weighted by Gasteiger charge is 2.25. The molecule has 1 rings (SSSR count). The molecule has 0 spiro atoms. The van der Waals surface area contributed by atoms with Gasteiger partial charge in [-0.05, 0) is 41.1 Å². The summed E-state index contributed by atoms with van der Waals surface area (Å²) >= 11 is 3.03. The first kappa shape index (κ1) is 16.6. The first-order chi connectivity index (χ1) is 9.19. The van der Waals surface area contributed by atoms with Crippen LogP contribution in [0.1, 0.15) is 17.3 Å². The van der Waals surface area contributed by atoms with Gasteiger partial charge in [-0.15, -0.1) is 0 Å². The van der Waals surface area contributed by atoms with Crippen molar-refractivity contribution in [3.8, 4) is 0 Å². The van der Waals surface area contributed by atoms with Crippen LogP contribution in [0, 0.1) is 0 Å². The van der Waals surface area contributed by atoms with E-state index < -0.39 is 28.0 Å². The van der Waals surface area contributed by atoms with Gasteiger partial charge in [0, 0.05) is 4.47 Å². The number of sulfonamides is 1. The molecule has 1 atom stereocenters. The third-order valence-corrected chi connectivity index (χ3v) is 4.89. The summed E-state index contributed by atoms with van der Waals surface area (Å²) < 4.78 is 30.9. The predicted molar refractivity (Wildman–Crippen MR) is 72.9 cm³/mol. The van der Waals surface area contributed by atoms with E-state index in [2.05, 4.69) is 25.4 Å².